The van der Waals surface area contributed by atoms with Crippen molar-refractivity contribution < 1.29 is 9.53 Å². The number of nitrogens with zero attached hydrogens (tertiary/aromatic N) is 2. The van der Waals surface area contributed by atoms with Gasteiger partial charge in [0.05, 0.1) is 0 Å². The molecule has 0 saturated heterocycles. The average molecular weight is 326 g/mol. The minimum atomic E-state index is -0.253. The first-order valence-corrected chi connectivity index (χ1v) is 8.36. The second kappa shape index (κ2) is 6.91. The zero-order chi connectivity index (χ0) is 17.1. The van der Waals surface area contributed by atoms with Crippen molar-refractivity contribution >= 4 is 5.91 Å². The molecule has 3 rings (SSSR count). The molecule has 2 aromatic rings. The van der Waals surface area contributed by atoms with Crippen molar-refractivity contribution in [2.24, 2.45) is 0 Å². The molecule has 1 aromatic heterocycles. The van der Waals surface area contributed by atoms with Crippen LogP contribution >= 0.6 is 0 Å². The number of likely N-dealkylation sites (N-methyl/N-ethyl adjacent to an activating group) is 1. The zero-order valence-corrected chi connectivity index (χ0v) is 14.1. The molecule has 0 bridgehead atoms. The van der Waals surface area contributed by atoms with Crippen LogP contribution in [0.3, 0.4) is 0 Å². The molecule has 1 atom stereocenters. The van der Waals surface area contributed by atoms with Crippen LogP contribution in [-0.4, -0.2) is 28.0 Å². The van der Waals surface area contributed by atoms with Gasteiger partial charge in [-0.1, -0.05) is 37.3 Å². The van der Waals surface area contributed by atoms with E-state index in [2.05, 4.69) is 6.92 Å². The van der Waals surface area contributed by atoms with Gasteiger partial charge in [0.25, 0.3) is 5.91 Å². The lowest BCUT2D eigenvalue weighted by atomic mass is 10.1. The summed E-state index contributed by atoms with van der Waals surface area (Å²) in [6.07, 6.45) is 2.58. The first-order chi connectivity index (χ1) is 11.7. The van der Waals surface area contributed by atoms with E-state index in [4.69, 9.17) is 4.74 Å². The number of hydrogen-bond donors (Lipinski definition) is 0. The van der Waals surface area contributed by atoms with E-state index in [1.54, 1.807) is 6.20 Å². The molecule has 5 nitrogen and oxygen atoms in total. The van der Waals surface area contributed by atoms with Gasteiger partial charge in [0, 0.05) is 31.4 Å². The highest BCUT2D eigenvalue weighted by molar-refractivity contribution is 5.96. The summed E-state index contributed by atoms with van der Waals surface area (Å²) in [6.45, 7) is 5.61. The molecule has 0 radical (unpaired) electrons. The van der Waals surface area contributed by atoms with Crippen LogP contribution in [0.25, 0.3) is 0 Å². The number of amides is 1. The first kappa shape index (κ1) is 16.3. The predicted molar refractivity (Wildman–Crippen MR) is 92.3 cm³/mol. The van der Waals surface area contributed by atoms with Gasteiger partial charge in [-0.3, -0.25) is 9.59 Å². The van der Waals surface area contributed by atoms with Crippen molar-refractivity contribution in [3.63, 3.8) is 0 Å². The number of benzene rings is 1. The van der Waals surface area contributed by atoms with E-state index in [1.165, 1.54) is 6.07 Å². The molecule has 0 saturated carbocycles. The molecule has 1 aliphatic heterocycles. The van der Waals surface area contributed by atoms with Gasteiger partial charge in [0.2, 0.25) is 5.43 Å². The van der Waals surface area contributed by atoms with Crippen LogP contribution < -0.4 is 10.2 Å². The number of aromatic nitrogens is 1. The summed E-state index contributed by atoms with van der Waals surface area (Å²) in [5.41, 5.74) is 1.07. The number of carbonyl (C=O) groups excluding carboxylic acids is 1. The lowest BCUT2D eigenvalue weighted by molar-refractivity contribution is 0.0589. The number of hydrogen-bond acceptors (Lipinski definition) is 3. The molecular weight excluding hydrogens is 304 g/mol. The quantitative estimate of drug-likeness (QED) is 0.849. The smallest absolute Gasteiger partial charge is 0.274 e. The summed E-state index contributed by atoms with van der Waals surface area (Å²) in [6, 6.07) is 11.3. The van der Waals surface area contributed by atoms with Crippen LogP contribution in [0, 0.1) is 0 Å². The van der Waals surface area contributed by atoms with Crippen LogP contribution in [0.5, 0.6) is 5.75 Å². The van der Waals surface area contributed by atoms with Crippen molar-refractivity contribution in [2.45, 2.75) is 39.5 Å². The normalized spacial score (nSPS) is 16.8. The van der Waals surface area contributed by atoms with Crippen LogP contribution in [0.1, 0.15) is 36.3 Å². The Bertz CT molecular complexity index is 783. The van der Waals surface area contributed by atoms with Crippen molar-refractivity contribution in [3.8, 4) is 5.75 Å². The van der Waals surface area contributed by atoms with Gasteiger partial charge >= 0.3 is 0 Å². The maximum atomic E-state index is 12.9. The predicted octanol–water partition coefficient (Wildman–Crippen LogP) is 2.68. The fourth-order valence-corrected chi connectivity index (χ4v) is 3.18. The molecule has 0 aliphatic carbocycles. The number of carbonyl (C=O) groups is 1. The SMILES string of the molecule is CCC1Cn2ccc(=O)c(OCc3ccccc3)c2C(=O)N1CC. The van der Waals surface area contributed by atoms with E-state index >= 15 is 0 Å². The van der Waals surface area contributed by atoms with Gasteiger partial charge in [0.1, 0.15) is 6.61 Å². The Balaban J connectivity index is 1.96. The van der Waals surface area contributed by atoms with Crippen LogP contribution in [-0.2, 0) is 13.2 Å². The molecule has 24 heavy (non-hydrogen) atoms. The summed E-state index contributed by atoms with van der Waals surface area (Å²) in [4.78, 5) is 27.0. The van der Waals surface area contributed by atoms with Crippen molar-refractivity contribution in [2.75, 3.05) is 6.54 Å². The minimum absolute atomic E-state index is 0.128. The van der Waals surface area contributed by atoms with Gasteiger partial charge in [-0.25, -0.2) is 0 Å². The van der Waals surface area contributed by atoms with E-state index in [-0.39, 0.29) is 29.7 Å². The maximum Gasteiger partial charge on any atom is 0.274 e. The molecule has 1 aromatic carbocycles. The highest BCUT2D eigenvalue weighted by atomic mass is 16.5. The van der Waals surface area contributed by atoms with Crippen molar-refractivity contribution in [3.05, 3.63) is 64.1 Å². The highest BCUT2D eigenvalue weighted by Gasteiger charge is 2.33. The van der Waals surface area contributed by atoms with Crippen molar-refractivity contribution in [1.29, 1.82) is 0 Å². The maximum absolute atomic E-state index is 12.9. The standard InChI is InChI=1S/C19H22N2O3/c1-3-15-12-20-11-10-16(22)18(17(20)19(23)21(15)4-2)24-13-14-8-6-5-7-9-14/h5-11,15H,3-4,12-13H2,1-2H3. The molecule has 1 amide bonds. The molecule has 1 aliphatic rings. The van der Waals surface area contributed by atoms with Crippen LogP contribution in [0.2, 0.25) is 0 Å². The average Bonchev–Trinajstić information content (AvgIpc) is 2.61. The fraction of sp³-hybridized carbons (Fsp3) is 0.368. The number of ether oxygens (including phenoxy) is 1. The number of rotatable bonds is 5. The minimum Gasteiger partial charge on any atom is -0.483 e. The number of fused-ring (bicyclic) bond motifs is 1. The second-order valence-corrected chi connectivity index (χ2v) is 5.94. The van der Waals surface area contributed by atoms with Gasteiger partial charge in [-0.05, 0) is 18.9 Å². The lowest BCUT2D eigenvalue weighted by Crippen LogP contribution is -2.48. The topological polar surface area (TPSA) is 51.5 Å². The molecule has 1 unspecified atom stereocenters. The molecule has 2 heterocycles. The Morgan fingerprint density at radius 2 is 1.88 bits per heavy atom. The molecule has 5 heteroatoms. The third-order valence-electron chi connectivity index (χ3n) is 4.48. The Morgan fingerprint density at radius 3 is 2.54 bits per heavy atom. The Hall–Kier alpha value is -2.56. The molecular formula is C19H22N2O3. The zero-order valence-electron chi connectivity index (χ0n) is 14.1. The van der Waals surface area contributed by atoms with Gasteiger partial charge in [-0.15, -0.1) is 0 Å². The largest absolute Gasteiger partial charge is 0.483 e. The van der Waals surface area contributed by atoms with E-state index in [0.717, 1.165) is 12.0 Å². The van der Waals surface area contributed by atoms with Gasteiger partial charge in [-0.2, -0.15) is 0 Å². The summed E-state index contributed by atoms with van der Waals surface area (Å²) in [5.74, 6) is 0.0238. The van der Waals surface area contributed by atoms with E-state index < -0.39 is 0 Å². The summed E-state index contributed by atoms with van der Waals surface area (Å²) >= 11 is 0. The van der Waals surface area contributed by atoms with Crippen LogP contribution in [0.4, 0.5) is 0 Å². The Morgan fingerprint density at radius 1 is 1.12 bits per heavy atom. The lowest BCUT2D eigenvalue weighted by Gasteiger charge is -2.37. The van der Waals surface area contributed by atoms with Crippen molar-refractivity contribution in [1.82, 2.24) is 9.47 Å². The third kappa shape index (κ3) is 2.94. The van der Waals surface area contributed by atoms with Gasteiger partial charge < -0.3 is 14.2 Å². The Kier molecular flexibility index (Phi) is 4.69. The summed E-state index contributed by atoms with van der Waals surface area (Å²) in [5, 5.41) is 0. The van der Waals surface area contributed by atoms with Gasteiger partial charge in [0.15, 0.2) is 11.4 Å². The van der Waals surface area contributed by atoms with Crippen LogP contribution in [0.15, 0.2) is 47.4 Å². The van der Waals surface area contributed by atoms with E-state index in [9.17, 15) is 9.59 Å². The fourth-order valence-electron chi connectivity index (χ4n) is 3.18. The number of pyridine rings is 1. The first-order valence-electron chi connectivity index (χ1n) is 8.36. The highest BCUT2D eigenvalue weighted by Crippen LogP contribution is 2.25. The second-order valence-electron chi connectivity index (χ2n) is 5.94. The summed E-state index contributed by atoms with van der Waals surface area (Å²) in [7, 11) is 0. The summed E-state index contributed by atoms with van der Waals surface area (Å²) < 4.78 is 7.62. The monoisotopic (exact) mass is 326 g/mol. The molecule has 126 valence electrons. The molecule has 0 N–H and O–H groups in total. The molecule has 0 spiro atoms. The third-order valence-corrected chi connectivity index (χ3v) is 4.48. The van der Waals surface area contributed by atoms with E-state index in [1.807, 2.05) is 46.7 Å². The molecule has 0 fully saturated rings. The Labute approximate surface area is 141 Å². The van der Waals surface area contributed by atoms with E-state index in [0.29, 0.717) is 18.8 Å².